The van der Waals surface area contributed by atoms with E-state index >= 15 is 0 Å². The highest BCUT2D eigenvalue weighted by molar-refractivity contribution is 7.91. The van der Waals surface area contributed by atoms with Crippen LogP contribution in [0.3, 0.4) is 0 Å². The second-order valence-corrected chi connectivity index (χ2v) is 9.19. The summed E-state index contributed by atoms with van der Waals surface area (Å²) in [5, 5.41) is 3.39. The van der Waals surface area contributed by atoms with Gasteiger partial charge in [-0.3, -0.25) is 9.89 Å². The fourth-order valence-electron chi connectivity index (χ4n) is 3.39. The number of anilines is 1. The van der Waals surface area contributed by atoms with Crippen LogP contribution in [0.5, 0.6) is 0 Å². The van der Waals surface area contributed by atoms with Crippen molar-refractivity contribution in [2.45, 2.75) is 6.92 Å². The number of aromatic nitrogens is 1. The van der Waals surface area contributed by atoms with Crippen molar-refractivity contribution in [1.29, 1.82) is 0 Å². The van der Waals surface area contributed by atoms with E-state index in [9.17, 15) is 8.42 Å². The first-order valence-corrected chi connectivity index (χ1v) is 11.5. The van der Waals surface area contributed by atoms with Crippen molar-refractivity contribution >= 4 is 21.6 Å². The maximum atomic E-state index is 11.5. The minimum absolute atomic E-state index is 0.270. The van der Waals surface area contributed by atoms with Gasteiger partial charge >= 0.3 is 0 Å². The summed E-state index contributed by atoms with van der Waals surface area (Å²) in [5.74, 6) is 2.51. The third-order valence-corrected chi connectivity index (χ3v) is 6.61. The fraction of sp³-hybridized carbons (Fsp3) is 0.667. The summed E-state index contributed by atoms with van der Waals surface area (Å²) in [6, 6.07) is 6.01. The van der Waals surface area contributed by atoms with Crippen molar-refractivity contribution < 1.29 is 8.42 Å². The van der Waals surface area contributed by atoms with Crippen LogP contribution >= 0.6 is 0 Å². The van der Waals surface area contributed by atoms with Gasteiger partial charge in [0.25, 0.3) is 0 Å². The molecule has 2 saturated heterocycles. The van der Waals surface area contributed by atoms with Crippen LogP contribution in [-0.4, -0.2) is 99.6 Å². The summed E-state index contributed by atoms with van der Waals surface area (Å²) in [5.41, 5.74) is 0. The molecule has 0 spiro atoms. The van der Waals surface area contributed by atoms with E-state index in [2.05, 4.69) is 31.9 Å². The summed E-state index contributed by atoms with van der Waals surface area (Å²) in [6.45, 7) is 9.30. The van der Waals surface area contributed by atoms with Crippen molar-refractivity contribution in [3.05, 3.63) is 24.4 Å². The first-order valence-electron chi connectivity index (χ1n) is 9.69. The van der Waals surface area contributed by atoms with Gasteiger partial charge in [0.2, 0.25) is 0 Å². The molecule has 0 amide bonds. The molecule has 2 aliphatic heterocycles. The first-order chi connectivity index (χ1) is 13.1. The van der Waals surface area contributed by atoms with Gasteiger partial charge in [0.15, 0.2) is 15.8 Å². The Hall–Kier alpha value is -1.87. The van der Waals surface area contributed by atoms with Gasteiger partial charge in [-0.2, -0.15) is 0 Å². The number of rotatable bonds is 5. The van der Waals surface area contributed by atoms with Crippen LogP contribution in [-0.2, 0) is 9.84 Å². The molecular formula is C18H30N6O2S. The molecular weight excluding hydrogens is 364 g/mol. The van der Waals surface area contributed by atoms with E-state index in [1.54, 1.807) is 0 Å². The quantitative estimate of drug-likeness (QED) is 0.552. The van der Waals surface area contributed by atoms with Gasteiger partial charge in [0.1, 0.15) is 5.82 Å². The largest absolute Gasteiger partial charge is 0.357 e. The Balaban J connectivity index is 1.49. The van der Waals surface area contributed by atoms with Crippen LogP contribution in [0.2, 0.25) is 0 Å². The molecule has 150 valence electrons. The Labute approximate surface area is 162 Å². The lowest BCUT2D eigenvalue weighted by molar-refractivity contribution is 0.302. The summed E-state index contributed by atoms with van der Waals surface area (Å²) < 4.78 is 23.0. The molecule has 0 atom stereocenters. The zero-order valence-corrected chi connectivity index (χ0v) is 16.9. The van der Waals surface area contributed by atoms with E-state index in [1.165, 1.54) is 0 Å². The first kappa shape index (κ1) is 19.9. The van der Waals surface area contributed by atoms with Crippen molar-refractivity contribution in [2.75, 3.05) is 75.3 Å². The third kappa shape index (κ3) is 5.80. The van der Waals surface area contributed by atoms with Crippen LogP contribution < -0.4 is 10.2 Å². The highest BCUT2D eigenvalue weighted by Gasteiger charge is 2.22. The molecule has 3 rings (SSSR count). The van der Waals surface area contributed by atoms with E-state index in [0.717, 1.165) is 51.0 Å². The number of guanidine groups is 1. The maximum absolute atomic E-state index is 11.5. The number of sulfone groups is 1. The lowest BCUT2D eigenvalue weighted by atomic mass is 10.3. The third-order valence-electron chi connectivity index (χ3n) is 5.00. The van der Waals surface area contributed by atoms with Gasteiger partial charge in [-0.25, -0.2) is 13.4 Å². The monoisotopic (exact) mass is 394 g/mol. The Morgan fingerprint density at radius 2 is 1.89 bits per heavy atom. The highest BCUT2D eigenvalue weighted by Crippen LogP contribution is 2.12. The van der Waals surface area contributed by atoms with Crippen LogP contribution in [0, 0.1) is 0 Å². The number of hydrogen-bond donors (Lipinski definition) is 1. The molecule has 27 heavy (non-hydrogen) atoms. The van der Waals surface area contributed by atoms with Crippen molar-refractivity contribution in [3.8, 4) is 0 Å². The molecule has 0 aliphatic carbocycles. The number of pyridine rings is 1. The molecule has 0 saturated carbocycles. The highest BCUT2D eigenvalue weighted by atomic mass is 32.2. The van der Waals surface area contributed by atoms with Crippen molar-refractivity contribution in [2.24, 2.45) is 4.99 Å². The molecule has 2 aliphatic rings. The van der Waals surface area contributed by atoms with Crippen LogP contribution in [0.15, 0.2) is 29.4 Å². The minimum Gasteiger partial charge on any atom is -0.357 e. The Morgan fingerprint density at radius 3 is 2.52 bits per heavy atom. The Morgan fingerprint density at radius 1 is 1.15 bits per heavy atom. The predicted molar refractivity (Wildman–Crippen MR) is 109 cm³/mol. The Bertz CT molecular complexity index is 703. The number of nitrogens with one attached hydrogen (secondary N) is 1. The predicted octanol–water partition coefficient (Wildman–Crippen LogP) is -0.100. The molecule has 0 unspecified atom stereocenters. The van der Waals surface area contributed by atoms with Gasteiger partial charge in [-0.15, -0.1) is 0 Å². The van der Waals surface area contributed by atoms with Crippen LogP contribution in [0.4, 0.5) is 5.82 Å². The molecule has 2 fully saturated rings. The summed E-state index contributed by atoms with van der Waals surface area (Å²) in [6.07, 6.45) is 1.83. The zero-order valence-electron chi connectivity index (χ0n) is 16.0. The molecule has 0 bridgehead atoms. The normalized spacial score (nSPS) is 21.3. The summed E-state index contributed by atoms with van der Waals surface area (Å²) in [4.78, 5) is 16.0. The lowest BCUT2D eigenvalue weighted by Gasteiger charge is -2.37. The number of aliphatic imine (C=N–C) groups is 1. The number of nitrogens with zero attached hydrogens (tertiary/aromatic N) is 5. The molecule has 0 aromatic carbocycles. The van der Waals surface area contributed by atoms with Gasteiger partial charge in [0, 0.05) is 58.6 Å². The maximum Gasteiger partial charge on any atom is 0.194 e. The van der Waals surface area contributed by atoms with E-state index in [-0.39, 0.29) is 11.5 Å². The summed E-state index contributed by atoms with van der Waals surface area (Å²) in [7, 11) is -2.82. The van der Waals surface area contributed by atoms with Crippen molar-refractivity contribution in [1.82, 2.24) is 20.1 Å². The van der Waals surface area contributed by atoms with Gasteiger partial charge in [-0.1, -0.05) is 6.07 Å². The molecule has 8 nitrogen and oxygen atoms in total. The molecule has 0 radical (unpaired) electrons. The second-order valence-electron chi connectivity index (χ2n) is 6.89. The van der Waals surface area contributed by atoms with Gasteiger partial charge in [-0.05, 0) is 19.1 Å². The van der Waals surface area contributed by atoms with Crippen LogP contribution in [0.25, 0.3) is 0 Å². The Kier molecular flexibility index (Phi) is 6.89. The number of piperazine rings is 1. The topological polar surface area (TPSA) is 81.1 Å². The molecule has 3 heterocycles. The average Bonchev–Trinajstić information content (AvgIpc) is 2.69. The van der Waals surface area contributed by atoms with Crippen LogP contribution in [0.1, 0.15) is 6.92 Å². The van der Waals surface area contributed by atoms with E-state index in [1.807, 2.05) is 24.4 Å². The van der Waals surface area contributed by atoms with E-state index in [4.69, 9.17) is 4.99 Å². The standard InChI is InChI=1S/C18H30N6O2S/c1-2-19-18(21-7-8-22-13-15-27(25,26)16-14-22)24-11-9-23(10-12-24)17-5-3-4-6-20-17/h3-6H,2,7-16H2,1H3,(H,19,21). The van der Waals surface area contributed by atoms with E-state index in [0.29, 0.717) is 19.6 Å². The second kappa shape index (κ2) is 9.36. The SMILES string of the molecule is CCNC(=NCCN1CCS(=O)(=O)CC1)N1CCN(c2ccccn2)CC1. The lowest BCUT2D eigenvalue weighted by Crippen LogP contribution is -2.53. The molecule has 1 aromatic heterocycles. The molecule has 1 N–H and O–H groups in total. The number of hydrogen-bond acceptors (Lipinski definition) is 6. The fourth-order valence-corrected chi connectivity index (χ4v) is 4.66. The average molecular weight is 395 g/mol. The zero-order chi connectivity index (χ0) is 19.1. The van der Waals surface area contributed by atoms with E-state index < -0.39 is 9.84 Å². The minimum atomic E-state index is -2.82. The smallest absolute Gasteiger partial charge is 0.194 e. The molecule has 9 heteroatoms. The van der Waals surface area contributed by atoms with Crippen molar-refractivity contribution in [3.63, 3.8) is 0 Å². The van der Waals surface area contributed by atoms with Gasteiger partial charge < -0.3 is 15.1 Å². The molecule has 1 aromatic rings. The summed E-state index contributed by atoms with van der Waals surface area (Å²) >= 11 is 0. The van der Waals surface area contributed by atoms with Gasteiger partial charge in [0.05, 0.1) is 18.1 Å².